The highest BCUT2D eigenvalue weighted by Crippen LogP contribution is 2.65. The van der Waals surface area contributed by atoms with E-state index in [2.05, 4.69) is 0 Å². The molecule has 0 amide bonds. The molecular formula is C28H36O11. The summed E-state index contributed by atoms with van der Waals surface area (Å²) in [6, 6.07) is 0. The molecule has 1 unspecified atom stereocenters. The largest absolute Gasteiger partial charge is 0.461 e. The summed E-state index contributed by atoms with van der Waals surface area (Å²) in [4.78, 5) is 62.8. The number of epoxide rings is 1. The fraction of sp³-hybridized carbons (Fsp3) is 0.679. The van der Waals surface area contributed by atoms with Gasteiger partial charge in [-0.2, -0.15) is 0 Å². The van der Waals surface area contributed by atoms with Crippen molar-refractivity contribution in [3.8, 4) is 0 Å². The maximum absolute atomic E-state index is 13.0. The standard InChI is InChI=1S/C28H36O11/c1-13-11-19(34-15(3)29)23(36-17(5)31)26(7)20(35-16(4)30)10-9-14(2)22(26)24(37-18(6)32)28-21(12-13)38-25(33)27(28,8)39-28/h9,12,19-24H,10-11H2,1-8H3/b13-12-/t19-,20-,21-,22+,23-,24?,26-,27-,28-/m0/s1. The molecule has 0 aromatic rings. The number of carbonyl (C=O) groups excluding carboxylic acids is 5. The Morgan fingerprint density at radius 3 is 1.97 bits per heavy atom. The number of hydrogen-bond donors (Lipinski definition) is 0. The topological polar surface area (TPSA) is 144 Å². The van der Waals surface area contributed by atoms with E-state index in [1.807, 2.05) is 13.0 Å². The molecule has 39 heavy (non-hydrogen) atoms. The summed E-state index contributed by atoms with van der Waals surface area (Å²) in [6.07, 6.45) is -1.15. The van der Waals surface area contributed by atoms with Crippen LogP contribution >= 0.6 is 0 Å². The van der Waals surface area contributed by atoms with Crippen LogP contribution in [0.1, 0.15) is 68.2 Å². The van der Waals surface area contributed by atoms with E-state index in [4.69, 9.17) is 28.4 Å². The Morgan fingerprint density at radius 1 is 0.872 bits per heavy atom. The van der Waals surface area contributed by atoms with Crippen molar-refractivity contribution in [3.63, 3.8) is 0 Å². The number of esters is 5. The van der Waals surface area contributed by atoms with Gasteiger partial charge in [-0.25, -0.2) is 4.79 Å². The summed E-state index contributed by atoms with van der Waals surface area (Å²) in [5.41, 5.74) is -2.73. The van der Waals surface area contributed by atoms with Gasteiger partial charge in [-0.3, -0.25) is 19.2 Å². The summed E-state index contributed by atoms with van der Waals surface area (Å²) in [5, 5.41) is 0. The average molecular weight is 549 g/mol. The molecule has 0 radical (unpaired) electrons. The Balaban J connectivity index is 2.05. The Labute approximate surface area is 227 Å². The maximum atomic E-state index is 13.0. The van der Waals surface area contributed by atoms with Crippen LogP contribution in [0, 0.1) is 11.3 Å². The van der Waals surface area contributed by atoms with E-state index in [1.54, 1.807) is 26.8 Å². The van der Waals surface area contributed by atoms with Gasteiger partial charge in [0.1, 0.15) is 24.4 Å². The smallest absolute Gasteiger partial charge is 0.342 e. The van der Waals surface area contributed by atoms with Crippen molar-refractivity contribution in [2.24, 2.45) is 11.3 Å². The van der Waals surface area contributed by atoms with Gasteiger partial charge in [0, 0.05) is 46.5 Å². The third-order valence-electron chi connectivity index (χ3n) is 8.48. The minimum Gasteiger partial charge on any atom is -0.461 e. The molecule has 2 saturated heterocycles. The van der Waals surface area contributed by atoms with Gasteiger partial charge >= 0.3 is 29.8 Å². The summed E-state index contributed by atoms with van der Waals surface area (Å²) < 4.78 is 35.4. The number of ether oxygens (including phenoxy) is 6. The van der Waals surface area contributed by atoms with Gasteiger partial charge in [-0.1, -0.05) is 24.1 Å². The van der Waals surface area contributed by atoms with Gasteiger partial charge in [-0.15, -0.1) is 0 Å². The summed E-state index contributed by atoms with van der Waals surface area (Å²) in [6.45, 7) is 11.9. The Hall–Kier alpha value is -3.21. The lowest BCUT2D eigenvalue weighted by Crippen LogP contribution is -2.64. The van der Waals surface area contributed by atoms with Gasteiger partial charge < -0.3 is 28.4 Å². The lowest BCUT2D eigenvalue weighted by Gasteiger charge is -2.54. The predicted octanol–water partition coefficient (Wildman–Crippen LogP) is 2.49. The van der Waals surface area contributed by atoms with Crippen LogP contribution < -0.4 is 0 Å². The second kappa shape index (κ2) is 9.76. The SMILES string of the molecule is CC(=O)OC1[C@H]2C(C)=CC[C@H](OC(C)=O)[C@]2(C)[C@@H](OC(C)=O)[C@@H](OC(C)=O)C/C(C)=C\[C@@H]2OC(=O)[C@]3(C)O[C@]123. The zero-order chi connectivity index (χ0) is 29.1. The van der Waals surface area contributed by atoms with E-state index < -0.39 is 82.9 Å². The van der Waals surface area contributed by atoms with E-state index in [9.17, 15) is 24.0 Å². The molecule has 0 saturated carbocycles. The summed E-state index contributed by atoms with van der Waals surface area (Å²) >= 11 is 0. The average Bonchev–Trinajstić information content (AvgIpc) is 3.38. The third kappa shape index (κ3) is 4.54. The van der Waals surface area contributed by atoms with Crippen molar-refractivity contribution in [1.29, 1.82) is 0 Å². The molecule has 214 valence electrons. The Morgan fingerprint density at radius 2 is 1.44 bits per heavy atom. The normalized spacial score (nSPS) is 42.1. The van der Waals surface area contributed by atoms with Gasteiger partial charge in [0.05, 0.1) is 5.41 Å². The van der Waals surface area contributed by atoms with Crippen molar-refractivity contribution >= 4 is 29.8 Å². The highest BCUT2D eigenvalue weighted by molar-refractivity contribution is 5.89. The molecule has 0 aromatic heterocycles. The van der Waals surface area contributed by atoms with Gasteiger partial charge in [-0.05, 0) is 26.8 Å². The van der Waals surface area contributed by atoms with Crippen molar-refractivity contribution in [2.45, 2.75) is 110 Å². The molecule has 11 nitrogen and oxygen atoms in total. The van der Waals surface area contributed by atoms with Crippen LogP contribution in [0.15, 0.2) is 23.3 Å². The summed E-state index contributed by atoms with van der Waals surface area (Å²) in [5.74, 6) is -3.86. The Bertz CT molecular complexity index is 1170. The van der Waals surface area contributed by atoms with E-state index in [0.717, 1.165) is 5.57 Å². The van der Waals surface area contributed by atoms with E-state index in [1.165, 1.54) is 27.7 Å². The molecule has 4 aliphatic rings. The molecule has 0 bridgehead atoms. The van der Waals surface area contributed by atoms with Crippen molar-refractivity contribution < 1.29 is 52.4 Å². The van der Waals surface area contributed by atoms with Crippen LogP contribution in [0.25, 0.3) is 0 Å². The summed E-state index contributed by atoms with van der Waals surface area (Å²) in [7, 11) is 0. The fourth-order valence-electron chi connectivity index (χ4n) is 6.90. The highest BCUT2D eigenvalue weighted by atomic mass is 16.7. The lowest BCUT2D eigenvalue weighted by molar-refractivity contribution is -0.214. The minimum atomic E-state index is -1.41. The van der Waals surface area contributed by atoms with Crippen molar-refractivity contribution in [1.82, 2.24) is 0 Å². The number of hydrogen-bond acceptors (Lipinski definition) is 11. The zero-order valence-electron chi connectivity index (χ0n) is 23.5. The molecule has 2 fully saturated rings. The molecule has 0 N–H and O–H groups in total. The van der Waals surface area contributed by atoms with Gasteiger partial charge in [0.2, 0.25) is 0 Å². The van der Waals surface area contributed by atoms with Crippen LogP contribution in [0.4, 0.5) is 0 Å². The molecule has 1 spiro atoms. The quantitative estimate of drug-likeness (QED) is 0.221. The molecule has 2 aliphatic heterocycles. The predicted molar refractivity (Wildman–Crippen MR) is 133 cm³/mol. The second-order valence-corrected chi connectivity index (χ2v) is 11.3. The first kappa shape index (κ1) is 28.8. The lowest BCUT2D eigenvalue weighted by atomic mass is 9.56. The van der Waals surface area contributed by atoms with Gasteiger partial charge in [0.15, 0.2) is 17.3 Å². The fourth-order valence-corrected chi connectivity index (χ4v) is 6.90. The number of carbonyl (C=O) groups is 5. The number of fused-ring (bicyclic) bond motifs is 1. The van der Waals surface area contributed by atoms with Crippen LogP contribution in [0.5, 0.6) is 0 Å². The first-order chi connectivity index (χ1) is 18.1. The molecule has 2 aliphatic carbocycles. The molecule has 11 heteroatoms. The van der Waals surface area contributed by atoms with Crippen molar-refractivity contribution in [3.05, 3.63) is 23.3 Å². The van der Waals surface area contributed by atoms with E-state index >= 15 is 0 Å². The minimum absolute atomic E-state index is 0.120. The van der Waals surface area contributed by atoms with E-state index in [0.29, 0.717) is 5.57 Å². The molecule has 4 rings (SSSR count). The van der Waals surface area contributed by atoms with Crippen molar-refractivity contribution in [2.75, 3.05) is 0 Å². The molecular weight excluding hydrogens is 512 g/mol. The van der Waals surface area contributed by atoms with Gasteiger partial charge in [0.25, 0.3) is 0 Å². The molecule has 2 heterocycles. The van der Waals surface area contributed by atoms with Crippen LogP contribution in [-0.2, 0) is 52.4 Å². The molecule has 0 aromatic carbocycles. The number of rotatable bonds is 4. The second-order valence-electron chi connectivity index (χ2n) is 11.3. The highest BCUT2D eigenvalue weighted by Gasteiger charge is 2.87. The van der Waals surface area contributed by atoms with Crippen LogP contribution in [-0.4, -0.2) is 71.6 Å². The zero-order valence-corrected chi connectivity index (χ0v) is 23.5. The first-order valence-electron chi connectivity index (χ1n) is 13.0. The third-order valence-corrected chi connectivity index (χ3v) is 8.48. The maximum Gasteiger partial charge on any atom is 0.342 e. The monoisotopic (exact) mass is 548 g/mol. The molecule has 9 atom stereocenters. The van der Waals surface area contributed by atoms with Crippen LogP contribution in [0.3, 0.4) is 0 Å². The van der Waals surface area contributed by atoms with Crippen LogP contribution in [0.2, 0.25) is 0 Å². The van der Waals surface area contributed by atoms with E-state index in [-0.39, 0.29) is 12.8 Å². The first-order valence-corrected chi connectivity index (χ1v) is 13.0. The Kier molecular flexibility index (Phi) is 7.21.